The third-order valence-corrected chi connectivity index (χ3v) is 6.65. The Kier molecular flexibility index (Phi) is 7.15. The normalized spacial score (nSPS) is 11.6. The van der Waals surface area contributed by atoms with E-state index in [1.54, 1.807) is 67.0 Å². The van der Waals surface area contributed by atoms with Crippen LogP contribution in [0.4, 0.5) is 0 Å². The summed E-state index contributed by atoms with van der Waals surface area (Å²) in [6, 6.07) is 27.6. The molecule has 0 aliphatic heterocycles. The van der Waals surface area contributed by atoms with Gasteiger partial charge in [0.15, 0.2) is 0 Å². The fourth-order valence-electron chi connectivity index (χ4n) is 3.21. The summed E-state index contributed by atoms with van der Waals surface area (Å²) in [6.45, 7) is 0.144. The molecule has 0 aliphatic carbocycles. The van der Waals surface area contributed by atoms with Crippen molar-refractivity contribution in [1.29, 1.82) is 0 Å². The van der Waals surface area contributed by atoms with Crippen molar-refractivity contribution < 1.29 is 17.9 Å². The second-order valence-electron chi connectivity index (χ2n) is 7.36. The van der Waals surface area contributed by atoms with Crippen LogP contribution in [-0.2, 0) is 21.2 Å². The number of para-hydroxylation sites is 1. The lowest BCUT2D eigenvalue weighted by atomic mass is 10.2. The standard InChI is InChI=1S/C27H22N2O4S/c30-27(29-20-22-10-8-16-28-19-22)26(34(31,32)25-14-5-2-6-15-25)18-21-9-7-13-24(17-21)33-23-11-3-1-4-12-23/h1-19H,20H2,(H,29,30)/b26-18-. The molecule has 0 fully saturated rings. The largest absolute Gasteiger partial charge is 0.457 e. The molecule has 1 heterocycles. The van der Waals surface area contributed by atoms with Crippen LogP contribution in [-0.4, -0.2) is 19.3 Å². The van der Waals surface area contributed by atoms with Gasteiger partial charge >= 0.3 is 0 Å². The van der Waals surface area contributed by atoms with E-state index in [0.717, 1.165) is 5.56 Å². The van der Waals surface area contributed by atoms with Gasteiger partial charge in [-0.1, -0.05) is 54.6 Å². The maximum absolute atomic E-state index is 13.4. The molecule has 4 aromatic rings. The molecule has 0 bridgehead atoms. The number of hydrogen-bond donors (Lipinski definition) is 1. The highest BCUT2D eigenvalue weighted by Crippen LogP contribution is 2.26. The molecular formula is C27H22N2O4S. The van der Waals surface area contributed by atoms with E-state index in [9.17, 15) is 13.2 Å². The average Bonchev–Trinajstić information content (AvgIpc) is 2.88. The number of benzene rings is 3. The third-order valence-electron chi connectivity index (χ3n) is 4.88. The van der Waals surface area contributed by atoms with Gasteiger partial charge in [-0.2, -0.15) is 0 Å². The third kappa shape index (κ3) is 5.76. The number of hydrogen-bond acceptors (Lipinski definition) is 5. The molecule has 1 N–H and O–H groups in total. The Bertz CT molecular complexity index is 1390. The molecule has 1 amide bonds. The first-order valence-electron chi connectivity index (χ1n) is 10.5. The summed E-state index contributed by atoms with van der Waals surface area (Å²) in [4.78, 5) is 16.8. The van der Waals surface area contributed by atoms with Crippen LogP contribution in [0.5, 0.6) is 11.5 Å². The maximum atomic E-state index is 13.4. The minimum Gasteiger partial charge on any atom is -0.457 e. The zero-order valence-electron chi connectivity index (χ0n) is 18.2. The van der Waals surface area contributed by atoms with Crippen molar-refractivity contribution in [2.75, 3.05) is 0 Å². The Morgan fingerprint density at radius 1 is 0.853 bits per heavy atom. The Balaban J connectivity index is 1.67. The van der Waals surface area contributed by atoms with Gasteiger partial charge in [-0.25, -0.2) is 8.42 Å². The molecule has 0 saturated carbocycles. The molecule has 0 radical (unpaired) electrons. The van der Waals surface area contributed by atoms with Crippen molar-refractivity contribution in [2.24, 2.45) is 0 Å². The smallest absolute Gasteiger partial charge is 0.263 e. The van der Waals surface area contributed by atoms with E-state index >= 15 is 0 Å². The van der Waals surface area contributed by atoms with Crippen molar-refractivity contribution in [3.05, 3.63) is 125 Å². The molecule has 1 aromatic heterocycles. The van der Waals surface area contributed by atoms with Crippen molar-refractivity contribution in [3.63, 3.8) is 0 Å². The van der Waals surface area contributed by atoms with Crippen LogP contribution in [0.2, 0.25) is 0 Å². The molecule has 34 heavy (non-hydrogen) atoms. The number of carbonyl (C=O) groups is 1. The van der Waals surface area contributed by atoms with E-state index in [2.05, 4.69) is 10.3 Å². The summed E-state index contributed by atoms with van der Waals surface area (Å²) in [5, 5.41) is 2.69. The van der Waals surface area contributed by atoms with Gasteiger partial charge in [0.1, 0.15) is 16.4 Å². The zero-order valence-corrected chi connectivity index (χ0v) is 19.0. The molecule has 0 aliphatic rings. The molecule has 0 atom stereocenters. The van der Waals surface area contributed by atoms with Crippen molar-refractivity contribution in [3.8, 4) is 11.5 Å². The van der Waals surface area contributed by atoms with E-state index in [0.29, 0.717) is 17.1 Å². The molecular weight excluding hydrogens is 448 g/mol. The summed E-state index contributed by atoms with van der Waals surface area (Å²) in [5.41, 5.74) is 1.27. The Labute approximate surface area is 198 Å². The number of amides is 1. The van der Waals surface area contributed by atoms with Crippen LogP contribution in [0, 0.1) is 0 Å². The van der Waals surface area contributed by atoms with Crippen molar-refractivity contribution in [2.45, 2.75) is 11.4 Å². The predicted molar refractivity (Wildman–Crippen MR) is 131 cm³/mol. The molecule has 0 spiro atoms. The average molecular weight is 471 g/mol. The fourth-order valence-corrected chi connectivity index (χ4v) is 4.58. The lowest BCUT2D eigenvalue weighted by molar-refractivity contribution is -0.116. The van der Waals surface area contributed by atoms with Gasteiger partial charge < -0.3 is 10.1 Å². The molecule has 6 nitrogen and oxygen atoms in total. The summed E-state index contributed by atoms with van der Waals surface area (Å²) in [5.74, 6) is 0.462. The van der Waals surface area contributed by atoms with Gasteiger partial charge in [0.05, 0.1) is 4.90 Å². The number of rotatable bonds is 8. The van der Waals surface area contributed by atoms with Gasteiger partial charge in [-0.3, -0.25) is 9.78 Å². The highest BCUT2D eigenvalue weighted by molar-refractivity contribution is 7.96. The summed E-state index contributed by atoms with van der Waals surface area (Å²) in [7, 11) is -4.08. The Hall–Kier alpha value is -4.23. The first-order chi connectivity index (χ1) is 16.5. The van der Waals surface area contributed by atoms with Gasteiger partial charge in [0.25, 0.3) is 5.91 Å². The number of sulfone groups is 1. The molecule has 0 unspecified atom stereocenters. The monoisotopic (exact) mass is 470 g/mol. The lowest BCUT2D eigenvalue weighted by Crippen LogP contribution is -2.28. The van der Waals surface area contributed by atoms with E-state index in [4.69, 9.17) is 4.74 Å². The number of nitrogens with one attached hydrogen (secondary N) is 1. The second-order valence-corrected chi connectivity index (χ2v) is 9.27. The number of nitrogens with zero attached hydrogens (tertiary/aromatic N) is 1. The topological polar surface area (TPSA) is 85.4 Å². The quantitative estimate of drug-likeness (QED) is 0.366. The summed E-state index contributed by atoms with van der Waals surface area (Å²) in [6.07, 6.45) is 4.60. The van der Waals surface area contributed by atoms with Gasteiger partial charge in [0, 0.05) is 18.9 Å². The van der Waals surface area contributed by atoms with E-state index < -0.39 is 15.7 Å². The zero-order chi connectivity index (χ0) is 23.8. The Morgan fingerprint density at radius 3 is 2.26 bits per heavy atom. The lowest BCUT2D eigenvalue weighted by Gasteiger charge is -2.11. The second kappa shape index (κ2) is 10.6. The number of aromatic nitrogens is 1. The number of pyridine rings is 1. The molecule has 4 rings (SSSR count). The molecule has 170 valence electrons. The summed E-state index contributed by atoms with van der Waals surface area (Å²) < 4.78 is 32.6. The minimum atomic E-state index is -4.08. The number of ether oxygens (including phenoxy) is 1. The molecule has 0 saturated heterocycles. The fraction of sp³-hybridized carbons (Fsp3) is 0.0370. The first-order valence-corrected chi connectivity index (χ1v) is 12.0. The minimum absolute atomic E-state index is 0.0365. The van der Waals surface area contributed by atoms with E-state index in [1.807, 2.05) is 30.3 Å². The molecule has 3 aromatic carbocycles. The highest BCUT2D eigenvalue weighted by atomic mass is 32.2. The van der Waals surface area contributed by atoms with Crippen LogP contribution in [0.1, 0.15) is 11.1 Å². The highest BCUT2D eigenvalue weighted by Gasteiger charge is 2.27. The van der Waals surface area contributed by atoms with Gasteiger partial charge in [-0.05, 0) is 59.7 Å². The van der Waals surface area contributed by atoms with E-state index in [-0.39, 0.29) is 16.3 Å². The van der Waals surface area contributed by atoms with Crippen LogP contribution in [0.3, 0.4) is 0 Å². The van der Waals surface area contributed by atoms with Gasteiger partial charge in [-0.15, -0.1) is 0 Å². The van der Waals surface area contributed by atoms with Crippen molar-refractivity contribution in [1.82, 2.24) is 10.3 Å². The Morgan fingerprint density at radius 2 is 1.56 bits per heavy atom. The molecule has 7 heteroatoms. The predicted octanol–water partition coefficient (Wildman–Crippen LogP) is 5.01. The van der Waals surface area contributed by atoms with Crippen LogP contribution in [0.15, 0.2) is 119 Å². The summed E-state index contributed by atoms with van der Waals surface area (Å²) >= 11 is 0. The van der Waals surface area contributed by atoms with Crippen molar-refractivity contribution >= 4 is 21.8 Å². The van der Waals surface area contributed by atoms with Crippen LogP contribution < -0.4 is 10.1 Å². The first kappa shape index (κ1) is 22.9. The van der Waals surface area contributed by atoms with E-state index in [1.165, 1.54) is 18.2 Å². The van der Waals surface area contributed by atoms with Crippen LogP contribution >= 0.6 is 0 Å². The van der Waals surface area contributed by atoms with Crippen LogP contribution in [0.25, 0.3) is 6.08 Å². The SMILES string of the molecule is O=C(NCc1cccnc1)/C(=C/c1cccc(Oc2ccccc2)c1)S(=O)(=O)c1ccccc1. The number of carbonyl (C=O) groups excluding carboxylic acids is 1. The van der Waals surface area contributed by atoms with Gasteiger partial charge in [0.2, 0.25) is 9.84 Å². The maximum Gasteiger partial charge on any atom is 0.263 e.